The maximum atomic E-state index is 11.7. The van der Waals surface area contributed by atoms with Crippen LogP contribution in [0.3, 0.4) is 0 Å². The van der Waals surface area contributed by atoms with Crippen molar-refractivity contribution in [2.45, 2.75) is 26.8 Å². The van der Waals surface area contributed by atoms with Crippen molar-refractivity contribution in [3.63, 3.8) is 0 Å². The molecule has 0 fully saturated rings. The lowest BCUT2D eigenvalue weighted by Gasteiger charge is -2.12. The summed E-state index contributed by atoms with van der Waals surface area (Å²) in [6, 6.07) is -1.21. The Labute approximate surface area is 237 Å². The number of urea groups is 1. The van der Waals surface area contributed by atoms with Gasteiger partial charge in [-0.05, 0) is 18.3 Å². The van der Waals surface area contributed by atoms with E-state index in [0.717, 1.165) is 11.8 Å². The average molecular weight is 597 g/mol. The molecule has 1 aliphatic rings. The normalized spacial score (nSPS) is 13.9. The third kappa shape index (κ3) is 10.8. The molecule has 2 N–H and O–H groups in total. The van der Waals surface area contributed by atoms with Gasteiger partial charge in [0, 0.05) is 13.0 Å². The molecule has 42 heavy (non-hydrogen) atoms. The highest BCUT2D eigenvalue weighted by Crippen LogP contribution is 2.29. The molecule has 2 rings (SSSR count). The zero-order chi connectivity index (χ0) is 31.2. The summed E-state index contributed by atoms with van der Waals surface area (Å²) in [6.07, 6.45) is 4.27. The number of nitrogens with zero attached hydrogens (tertiary/aromatic N) is 4. The predicted octanol–water partition coefficient (Wildman–Crippen LogP) is -0.301. The van der Waals surface area contributed by atoms with Crippen LogP contribution in [0.1, 0.15) is 19.2 Å². The summed E-state index contributed by atoms with van der Waals surface area (Å²) in [7, 11) is 0. The molecule has 1 unspecified atom stereocenters. The minimum absolute atomic E-state index is 0.00598. The number of hydrogen-bond donors (Lipinski definition) is 2. The van der Waals surface area contributed by atoms with E-state index in [1.165, 1.54) is 10.6 Å². The smallest absolute Gasteiger partial charge is 0.342 e. The molecule has 1 aromatic heterocycles. The van der Waals surface area contributed by atoms with Gasteiger partial charge in [0.2, 0.25) is 0 Å². The number of aromatic nitrogens is 2. The van der Waals surface area contributed by atoms with Crippen LogP contribution in [0.2, 0.25) is 0 Å². The summed E-state index contributed by atoms with van der Waals surface area (Å²) in [5, 5.41) is 25.5. The predicted molar refractivity (Wildman–Crippen MR) is 136 cm³/mol. The van der Waals surface area contributed by atoms with E-state index in [2.05, 4.69) is 4.98 Å². The highest BCUT2D eigenvalue weighted by molar-refractivity contribution is 6.02. The standard InChI is InChI=1S/C23H28N6O13/c1-14-3-4-17(28(35)36)16(14)5-7-41-21(32)12-39-10-18(30)25-23(34)26-19(31)11-40-13-22(33)42-8-6-27-15(2)24-9-20(27)29(37)38/h3-4,9,16H,5-8,10-13H2,1-2H3,(H2,25,26,30,31,34). The molecule has 0 spiro atoms. The number of ether oxygens (including phenoxy) is 4. The van der Waals surface area contributed by atoms with Gasteiger partial charge in [-0.1, -0.05) is 11.6 Å². The van der Waals surface area contributed by atoms with Crippen molar-refractivity contribution in [1.29, 1.82) is 0 Å². The quantitative estimate of drug-likeness (QED) is 0.141. The van der Waals surface area contributed by atoms with E-state index in [4.69, 9.17) is 18.9 Å². The Balaban J connectivity index is 1.53. The van der Waals surface area contributed by atoms with Crippen LogP contribution in [0.15, 0.2) is 29.6 Å². The van der Waals surface area contributed by atoms with Crippen LogP contribution in [0.4, 0.5) is 10.6 Å². The Morgan fingerprint density at radius 3 is 2.00 bits per heavy atom. The zero-order valence-electron chi connectivity index (χ0n) is 22.6. The number of imidazole rings is 1. The maximum absolute atomic E-state index is 11.7. The molecule has 1 aromatic rings. The van der Waals surface area contributed by atoms with Crippen LogP contribution in [-0.4, -0.2) is 88.8 Å². The number of carbonyl (C=O) groups is 5. The molecule has 0 bridgehead atoms. The number of aryl methyl sites for hydroxylation is 1. The molecule has 0 saturated heterocycles. The molecule has 19 heteroatoms. The summed E-state index contributed by atoms with van der Waals surface area (Å²) in [4.78, 5) is 83.2. The summed E-state index contributed by atoms with van der Waals surface area (Å²) in [6.45, 7) is 0.143. The first kappa shape index (κ1) is 33.2. The fraction of sp³-hybridized carbons (Fsp3) is 0.478. The van der Waals surface area contributed by atoms with Crippen LogP contribution in [0.25, 0.3) is 0 Å². The number of amides is 4. The molecule has 1 aliphatic carbocycles. The number of allylic oxidation sites excluding steroid dienone is 3. The topological polar surface area (TPSA) is 250 Å². The third-order valence-electron chi connectivity index (χ3n) is 5.52. The van der Waals surface area contributed by atoms with Gasteiger partial charge in [0.05, 0.1) is 17.4 Å². The maximum Gasteiger partial charge on any atom is 0.342 e. The summed E-state index contributed by atoms with van der Waals surface area (Å²) in [5.41, 5.74) is 0.770. The van der Waals surface area contributed by atoms with Crippen LogP contribution in [0, 0.1) is 33.1 Å². The molecule has 0 aliphatic heterocycles. The van der Waals surface area contributed by atoms with Gasteiger partial charge >= 0.3 is 23.8 Å². The zero-order valence-corrected chi connectivity index (χ0v) is 22.6. The van der Waals surface area contributed by atoms with Gasteiger partial charge in [-0.2, -0.15) is 0 Å². The van der Waals surface area contributed by atoms with Crippen LogP contribution in [0.5, 0.6) is 0 Å². The van der Waals surface area contributed by atoms with Crippen molar-refractivity contribution in [3.8, 4) is 0 Å². The fourth-order valence-corrected chi connectivity index (χ4v) is 3.56. The third-order valence-corrected chi connectivity index (χ3v) is 5.52. The Morgan fingerprint density at radius 2 is 1.45 bits per heavy atom. The lowest BCUT2D eigenvalue weighted by molar-refractivity contribution is -0.432. The highest BCUT2D eigenvalue weighted by atomic mass is 16.6. The van der Waals surface area contributed by atoms with Crippen molar-refractivity contribution in [2.24, 2.45) is 5.92 Å². The second kappa shape index (κ2) is 16.3. The van der Waals surface area contributed by atoms with E-state index >= 15 is 0 Å². The molecular formula is C23H28N6O13. The van der Waals surface area contributed by atoms with Gasteiger partial charge in [-0.25, -0.2) is 23.9 Å². The van der Waals surface area contributed by atoms with Crippen LogP contribution in [-0.2, 0) is 44.7 Å². The van der Waals surface area contributed by atoms with Crippen molar-refractivity contribution in [2.75, 3.05) is 39.6 Å². The molecule has 0 radical (unpaired) electrons. The Hall–Kier alpha value is -5.04. The second-order valence-corrected chi connectivity index (χ2v) is 8.52. The van der Waals surface area contributed by atoms with Crippen molar-refractivity contribution in [3.05, 3.63) is 55.7 Å². The van der Waals surface area contributed by atoms with Gasteiger partial charge in [-0.3, -0.25) is 30.3 Å². The first-order valence-corrected chi connectivity index (χ1v) is 12.2. The van der Waals surface area contributed by atoms with Gasteiger partial charge in [0.25, 0.3) is 17.5 Å². The van der Waals surface area contributed by atoms with Gasteiger partial charge in [0.15, 0.2) is 5.82 Å². The van der Waals surface area contributed by atoms with E-state index in [-0.39, 0.29) is 37.7 Å². The minimum Gasteiger partial charge on any atom is -0.464 e. The molecule has 4 amide bonds. The van der Waals surface area contributed by atoms with E-state index < -0.39 is 72.0 Å². The monoisotopic (exact) mass is 596 g/mol. The first-order valence-electron chi connectivity index (χ1n) is 12.2. The lowest BCUT2D eigenvalue weighted by Crippen LogP contribution is -2.45. The minimum atomic E-state index is -1.21. The number of imide groups is 2. The number of nitro groups is 2. The Bertz CT molecular complexity index is 1290. The van der Waals surface area contributed by atoms with E-state index in [9.17, 15) is 44.2 Å². The van der Waals surface area contributed by atoms with Gasteiger partial charge in [-0.15, -0.1) is 0 Å². The SMILES string of the molecule is CC1=CC=C([N+](=O)[O-])C1CCOC(=O)COCC(=O)NC(=O)NC(=O)COCC(=O)OCCn1c([N+](=O)[O-])cnc1C. The van der Waals surface area contributed by atoms with E-state index in [1.54, 1.807) is 30.6 Å². The molecule has 19 nitrogen and oxygen atoms in total. The Morgan fingerprint density at radius 1 is 0.881 bits per heavy atom. The van der Waals surface area contributed by atoms with E-state index in [1.807, 2.05) is 0 Å². The number of nitrogens with one attached hydrogen (secondary N) is 2. The van der Waals surface area contributed by atoms with Crippen molar-refractivity contribution < 1.29 is 52.8 Å². The summed E-state index contributed by atoms with van der Waals surface area (Å²) < 4.78 is 20.7. The number of rotatable bonds is 16. The van der Waals surface area contributed by atoms with E-state index in [0.29, 0.717) is 5.82 Å². The van der Waals surface area contributed by atoms with Gasteiger partial charge < -0.3 is 29.1 Å². The highest BCUT2D eigenvalue weighted by Gasteiger charge is 2.29. The number of hydrogen-bond acceptors (Lipinski definition) is 14. The van der Waals surface area contributed by atoms with Crippen LogP contribution < -0.4 is 10.6 Å². The Kier molecular flexibility index (Phi) is 12.9. The number of esters is 2. The van der Waals surface area contributed by atoms with Crippen molar-refractivity contribution >= 4 is 35.6 Å². The molecular weight excluding hydrogens is 568 g/mol. The van der Waals surface area contributed by atoms with Crippen LogP contribution >= 0.6 is 0 Å². The molecule has 228 valence electrons. The molecule has 0 saturated carbocycles. The fourth-order valence-electron chi connectivity index (χ4n) is 3.56. The lowest BCUT2D eigenvalue weighted by atomic mass is 9.98. The summed E-state index contributed by atoms with van der Waals surface area (Å²) in [5.74, 6) is -4.08. The number of carbonyl (C=O) groups excluding carboxylic acids is 5. The second-order valence-electron chi connectivity index (χ2n) is 8.52. The molecule has 1 atom stereocenters. The van der Waals surface area contributed by atoms with Crippen molar-refractivity contribution in [1.82, 2.24) is 20.2 Å². The molecule has 0 aromatic carbocycles. The largest absolute Gasteiger partial charge is 0.464 e. The first-order chi connectivity index (χ1) is 19.9. The molecule has 1 heterocycles. The summed E-state index contributed by atoms with van der Waals surface area (Å²) >= 11 is 0. The van der Waals surface area contributed by atoms with Gasteiger partial charge in [0.1, 0.15) is 45.8 Å². The average Bonchev–Trinajstić information content (AvgIpc) is 3.46.